The van der Waals surface area contributed by atoms with E-state index >= 15 is 0 Å². The normalized spacial score (nSPS) is 10.0. The van der Waals surface area contributed by atoms with Gasteiger partial charge in [0.05, 0.1) is 3.57 Å². The Morgan fingerprint density at radius 3 is 2.85 bits per heavy atom. The van der Waals surface area contributed by atoms with Crippen LogP contribution >= 0.6 is 38.5 Å². The molecule has 0 amide bonds. The lowest BCUT2D eigenvalue weighted by atomic mass is 10.1. The maximum atomic E-state index is 11.5. The summed E-state index contributed by atoms with van der Waals surface area (Å²) in [7, 11) is 0. The fourth-order valence-corrected chi connectivity index (χ4v) is 1.98. The predicted molar refractivity (Wildman–Crippen MR) is 63.6 cm³/mol. The number of hydrogen-bond donors (Lipinski definition) is 1. The lowest BCUT2D eigenvalue weighted by Crippen LogP contribution is -2.01. The van der Waals surface area contributed by atoms with Crippen LogP contribution in [0.5, 0.6) is 5.75 Å². The standard InChI is InChI=1S/C9H8BrIO2/c10-5-4-7(12)6-2-1-3-8(13)9(6)11/h1-3,13H,4-5H2. The minimum Gasteiger partial charge on any atom is -0.507 e. The molecule has 4 heteroatoms. The molecule has 0 aliphatic rings. The summed E-state index contributed by atoms with van der Waals surface area (Å²) in [5.41, 5.74) is 0.597. The summed E-state index contributed by atoms with van der Waals surface area (Å²) < 4.78 is 0.631. The van der Waals surface area contributed by atoms with E-state index < -0.39 is 0 Å². The van der Waals surface area contributed by atoms with Crippen LogP contribution in [0.15, 0.2) is 18.2 Å². The van der Waals surface area contributed by atoms with Crippen molar-refractivity contribution in [3.63, 3.8) is 0 Å². The molecule has 1 aromatic carbocycles. The second-order valence-electron chi connectivity index (χ2n) is 2.50. The van der Waals surface area contributed by atoms with Gasteiger partial charge >= 0.3 is 0 Å². The zero-order valence-electron chi connectivity index (χ0n) is 6.76. The van der Waals surface area contributed by atoms with E-state index in [0.717, 1.165) is 0 Å². The number of phenols is 1. The molecule has 70 valence electrons. The summed E-state index contributed by atoms with van der Waals surface area (Å²) >= 11 is 5.18. The van der Waals surface area contributed by atoms with Crippen LogP contribution in [-0.2, 0) is 0 Å². The second kappa shape index (κ2) is 4.95. The number of rotatable bonds is 3. The third-order valence-corrected chi connectivity index (χ3v) is 3.13. The molecule has 1 rings (SSSR count). The molecule has 0 heterocycles. The number of hydrogen-bond acceptors (Lipinski definition) is 2. The lowest BCUT2D eigenvalue weighted by molar-refractivity contribution is 0.0988. The molecular formula is C9H8BrIO2. The number of carbonyl (C=O) groups excluding carboxylic acids is 1. The molecule has 0 saturated carbocycles. The molecule has 0 saturated heterocycles. The number of carbonyl (C=O) groups is 1. The van der Waals surface area contributed by atoms with Crippen molar-refractivity contribution in [1.29, 1.82) is 0 Å². The first-order valence-corrected chi connectivity index (χ1v) is 5.93. The minimum absolute atomic E-state index is 0.0529. The van der Waals surface area contributed by atoms with Crippen LogP contribution < -0.4 is 0 Å². The van der Waals surface area contributed by atoms with E-state index in [-0.39, 0.29) is 11.5 Å². The van der Waals surface area contributed by atoms with E-state index in [1.54, 1.807) is 18.2 Å². The molecule has 1 aromatic rings. The summed E-state index contributed by atoms with van der Waals surface area (Å²) in [5.74, 6) is 0.221. The quantitative estimate of drug-likeness (QED) is 0.514. The SMILES string of the molecule is O=C(CCBr)c1cccc(O)c1I. The molecule has 2 nitrogen and oxygen atoms in total. The zero-order valence-corrected chi connectivity index (χ0v) is 10.5. The molecule has 0 atom stereocenters. The van der Waals surface area contributed by atoms with Crippen LogP contribution in [0.1, 0.15) is 16.8 Å². The lowest BCUT2D eigenvalue weighted by Gasteiger charge is -2.03. The van der Waals surface area contributed by atoms with Crippen LogP contribution in [0.2, 0.25) is 0 Å². The fourth-order valence-electron chi connectivity index (χ4n) is 0.956. The molecule has 13 heavy (non-hydrogen) atoms. The number of ketones is 1. The van der Waals surface area contributed by atoms with E-state index in [0.29, 0.717) is 20.9 Å². The van der Waals surface area contributed by atoms with Gasteiger partial charge in [0.15, 0.2) is 5.78 Å². The maximum Gasteiger partial charge on any atom is 0.164 e. The highest BCUT2D eigenvalue weighted by Crippen LogP contribution is 2.23. The number of benzene rings is 1. The molecule has 0 aromatic heterocycles. The van der Waals surface area contributed by atoms with Crippen LogP contribution in [0.3, 0.4) is 0 Å². The van der Waals surface area contributed by atoms with Gasteiger partial charge in [0.1, 0.15) is 5.75 Å². The molecule has 0 aliphatic heterocycles. The average Bonchev–Trinajstić information content (AvgIpc) is 2.10. The van der Waals surface area contributed by atoms with Gasteiger partial charge < -0.3 is 5.11 Å². The number of phenolic OH excluding ortho intramolecular Hbond substituents is 1. The van der Waals surface area contributed by atoms with Gasteiger partial charge in [-0.1, -0.05) is 28.1 Å². The number of halogens is 2. The van der Waals surface area contributed by atoms with E-state index in [9.17, 15) is 9.90 Å². The van der Waals surface area contributed by atoms with Crippen molar-refractivity contribution < 1.29 is 9.90 Å². The Labute approximate surface area is 98.6 Å². The van der Waals surface area contributed by atoms with Gasteiger partial charge in [-0.15, -0.1) is 0 Å². The Kier molecular flexibility index (Phi) is 4.18. The molecule has 0 spiro atoms. The summed E-state index contributed by atoms with van der Waals surface area (Å²) in [5, 5.41) is 10.00. The first kappa shape index (κ1) is 11.0. The third kappa shape index (κ3) is 2.67. The Bertz CT molecular complexity index is 325. The van der Waals surface area contributed by atoms with Crippen LogP contribution in [-0.4, -0.2) is 16.2 Å². The van der Waals surface area contributed by atoms with Crippen molar-refractivity contribution in [3.05, 3.63) is 27.3 Å². The predicted octanol–water partition coefficient (Wildman–Crippen LogP) is 2.96. The highest BCUT2D eigenvalue weighted by Gasteiger charge is 2.11. The monoisotopic (exact) mass is 354 g/mol. The summed E-state index contributed by atoms with van der Waals surface area (Å²) in [4.78, 5) is 11.5. The number of Topliss-reactive ketones (excluding diaryl/α,β-unsaturated/α-hetero) is 1. The van der Waals surface area contributed by atoms with Crippen molar-refractivity contribution in [2.75, 3.05) is 5.33 Å². The topological polar surface area (TPSA) is 37.3 Å². The van der Waals surface area contributed by atoms with Gasteiger partial charge in [0, 0.05) is 17.3 Å². The molecule has 0 aliphatic carbocycles. The maximum absolute atomic E-state index is 11.5. The largest absolute Gasteiger partial charge is 0.507 e. The van der Waals surface area contributed by atoms with Crippen molar-refractivity contribution >= 4 is 44.3 Å². The zero-order chi connectivity index (χ0) is 9.84. The molecule has 0 unspecified atom stereocenters. The second-order valence-corrected chi connectivity index (χ2v) is 4.37. The molecule has 0 bridgehead atoms. The van der Waals surface area contributed by atoms with Crippen molar-refractivity contribution in [2.24, 2.45) is 0 Å². The van der Waals surface area contributed by atoms with Gasteiger partial charge in [0.2, 0.25) is 0 Å². The molecule has 0 fully saturated rings. The van der Waals surface area contributed by atoms with Crippen molar-refractivity contribution in [3.8, 4) is 5.75 Å². The number of aromatic hydroxyl groups is 1. The van der Waals surface area contributed by atoms with Gasteiger partial charge in [-0.3, -0.25) is 4.79 Å². The molecule has 0 radical (unpaired) electrons. The van der Waals surface area contributed by atoms with Crippen molar-refractivity contribution in [1.82, 2.24) is 0 Å². The first-order valence-electron chi connectivity index (χ1n) is 3.73. The van der Waals surface area contributed by atoms with Crippen LogP contribution in [0.4, 0.5) is 0 Å². The average molecular weight is 355 g/mol. The van der Waals surface area contributed by atoms with E-state index in [1.165, 1.54) is 0 Å². The van der Waals surface area contributed by atoms with Gasteiger partial charge in [-0.2, -0.15) is 0 Å². The smallest absolute Gasteiger partial charge is 0.164 e. The molecular weight excluding hydrogens is 347 g/mol. The highest BCUT2D eigenvalue weighted by molar-refractivity contribution is 14.1. The van der Waals surface area contributed by atoms with E-state index in [1.807, 2.05) is 22.6 Å². The van der Waals surface area contributed by atoms with Gasteiger partial charge in [-0.25, -0.2) is 0 Å². The third-order valence-electron chi connectivity index (χ3n) is 1.60. The summed E-state index contributed by atoms with van der Waals surface area (Å²) in [6.07, 6.45) is 0.458. The molecule has 1 N–H and O–H groups in total. The Morgan fingerprint density at radius 2 is 2.23 bits per heavy atom. The summed E-state index contributed by atoms with van der Waals surface area (Å²) in [6.45, 7) is 0. The van der Waals surface area contributed by atoms with Crippen LogP contribution in [0, 0.1) is 3.57 Å². The Morgan fingerprint density at radius 1 is 1.54 bits per heavy atom. The van der Waals surface area contributed by atoms with Crippen LogP contribution in [0.25, 0.3) is 0 Å². The first-order chi connectivity index (χ1) is 6.16. The highest BCUT2D eigenvalue weighted by atomic mass is 127. The van der Waals surface area contributed by atoms with Crippen molar-refractivity contribution in [2.45, 2.75) is 6.42 Å². The Hall–Kier alpha value is -0.100. The Balaban J connectivity index is 3.01. The minimum atomic E-state index is 0.0529. The van der Waals surface area contributed by atoms with E-state index in [2.05, 4.69) is 15.9 Å². The number of alkyl halides is 1. The fraction of sp³-hybridized carbons (Fsp3) is 0.222. The van der Waals surface area contributed by atoms with Gasteiger partial charge in [-0.05, 0) is 28.7 Å². The van der Waals surface area contributed by atoms with Gasteiger partial charge in [0.25, 0.3) is 0 Å². The summed E-state index contributed by atoms with van der Waals surface area (Å²) in [6, 6.07) is 4.98. The van der Waals surface area contributed by atoms with E-state index in [4.69, 9.17) is 0 Å².